The van der Waals surface area contributed by atoms with Crippen molar-refractivity contribution in [3.63, 3.8) is 0 Å². The molecular formula is C14H11N3O. The number of hydrogen-bond donors (Lipinski definition) is 2. The fourth-order valence-corrected chi connectivity index (χ4v) is 1.91. The molecule has 0 aliphatic heterocycles. The molecule has 4 heteroatoms. The summed E-state index contributed by atoms with van der Waals surface area (Å²) in [5, 5.41) is 10.5. The van der Waals surface area contributed by atoms with Crippen LogP contribution < -0.4 is 5.73 Å². The van der Waals surface area contributed by atoms with Crippen molar-refractivity contribution in [1.29, 1.82) is 0 Å². The normalized spacial score (nSPS) is 10.7. The van der Waals surface area contributed by atoms with Crippen LogP contribution in [0.25, 0.3) is 22.3 Å². The minimum absolute atomic E-state index is 0.0862. The van der Waals surface area contributed by atoms with E-state index in [1.165, 1.54) is 0 Å². The second-order valence-electron chi connectivity index (χ2n) is 3.98. The van der Waals surface area contributed by atoms with E-state index >= 15 is 0 Å². The monoisotopic (exact) mass is 237 g/mol. The summed E-state index contributed by atoms with van der Waals surface area (Å²) in [6.07, 6.45) is 0. The SMILES string of the molecule is Nc1cccc2nc(-c3ccccc3)nc(O)c12. The quantitative estimate of drug-likeness (QED) is 0.638. The molecule has 3 N–H and O–H groups in total. The van der Waals surface area contributed by atoms with Crippen molar-refractivity contribution in [1.82, 2.24) is 9.97 Å². The molecule has 3 rings (SSSR count). The van der Waals surface area contributed by atoms with Gasteiger partial charge < -0.3 is 10.8 Å². The predicted octanol–water partition coefficient (Wildman–Crippen LogP) is 2.58. The van der Waals surface area contributed by atoms with Gasteiger partial charge in [-0.05, 0) is 12.1 Å². The first-order valence-corrected chi connectivity index (χ1v) is 5.56. The number of nitrogen functional groups attached to an aromatic ring is 1. The standard InChI is InChI=1S/C14H11N3O/c15-10-7-4-8-11-12(10)14(18)17-13(16-11)9-5-2-1-3-6-9/h1-8H,15H2,(H,16,17,18). The summed E-state index contributed by atoms with van der Waals surface area (Å²) in [4.78, 5) is 8.51. The highest BCUT2D eigenvalue weighted by Gasteiger charge is 2.10. The Morgan fingerprint density at radius 3 is 2.44 bits per heavy atom. The van der Waals surface area contributed by atoms with Gasteiger partial charge in [-0.15, -0.1) is 0 Å². The van der Waals surface area contributed by atoms with Crippen LogP contribution in [-0.2, 0) is 0 Å². The number of anilines is 1. The highest BCUT2D eigenvalue weighted by atomic mass is 16.3. The van der Waals surface area contributed by atoms with Gasteiger partial charge in [-0.25, -0.2) is 4.98 Å². The smallest absolute Gasteiger partial charge is 0.224 e. The zero-order valence-corrected chi connectivity index (χ0v) is 9.54. The fraction of sp³-hybridized carbons (Fsp3) is 0. The third-order valence-corrected chi connectivity index (χ3v) is 2.77. The van der Waals surface area contributed by atoms with Crippen LogP contribution in [0.1, 0.15) is 0 Å². The average Bonchev–Trinajstić information content (AvgIpc) is 2.39. The third kappa shape index (κ3) is 1.64. The summed E-state index contributed by atoms with van der Waals surface area (Å²) < 4.78 is 0. The van der Waals surface area contributed by atoms with Gasteiger partial charge in [0.15, 0.2) is 5.82 Å². The summed E-state index contributed by atoms with van der Waals surface area (Å²) in [5.41, 5.74) is 7.78. The zero-order valence-electron chi connectivity index (χ0n) is 9.54. The van der Waals surface area contributed by atoms with Crippen molar-refractivity contribution < 1.29 is 5.11 Å². The molecule has 18 heavy (non-hydrogen) atoms. The molecule has 0 radical (unpaired) electrons. The third-order valence-electron chi connectivity index (χ3n) is 2.77. The molecule has 4 nitrogen and oxygen atoms in total. The maximum Gasteiger partial charge on any atom is 0.224 e. The Kier molecular flexibility index (Phi) is 2.34. The van der Waals surface area contributed by atoms with Gasteiger partial charge >= 0.3 is 0 Å². The fourth-order valence-electron chi connectivity index (χ4n) is 1.91. The first-order valence-electron chi connectivity index (χ1n) is 5.56. The Morgan fingerprint density at radius 1 is 0.889 bits per heavy atom. The van der Waals surface area contributed by atoms with Gasteiger partial charge in [0.1, 0.15) is 0 Å². The van der Waals surface area contributed by atoms with Crippen LogP contribution in [0.15, 0.2) is 48.5 Å². The minimum Gasteiger partial charge on any atom is -0.493 e. The molecule has 0 amide bonds. The van der Waals surface area contributed by atoms with E-state index in [1.807, 2.05) is 30.3 Å². The van der Waals surface area contributed by atoms with Gasteiger partial charge in [0, 0.05) is 11.3 Å². The topological polar surface area (TPSA) is 72.0 Å². The summed E-state index contributed by atoms with van der Waals surface area (Å²) in [7, 11) is 0. The predicted molar refractivity (Wildman–Crippen MR) is 71.1 cm³/mol. The lowest BCUT2D eigenvalue weighted by atomic mass is 10.1. The molecule has 0 saturated carbocycles. The number of fused-ring (bicyclic) bond motifs is 1. The first kappa shape index (κ1) is 10.5. The average molecular weight is 237 g/mol. The van der Waals surface area contributed by atoms with Gasteiger partial charge in [-0.1, -0.05) is 36.4 Å². The Morgan fingerprint density at radius 2 is 1.67 bits per heavy atom. The van der Waals surface area contributed by atoms with Crippen LogP contribution in [0.4, 0.5) is 5.69 Å². The van der Waals surface area contributed by atoms with Gasteiger partial charge in [0.05, 0.1) is 10.9 Å². The molecule has 0 saturated heterocycles. The van der Waals surface area contributed by atoms with E-state index in [1.54, 1.807) is 18.2 Å². The summed E-state index contributed by atoms with van der Waals surface area (Å²) in [5.74, 6) is 0.406. The Hall–Kier alpha value is -2.62. The van der Waals surface area contributed by atoms with Crippen LogP contribution >= 0.6 is 0 Å². The maximum atomic E-state index is 9.96. The van der Waals surface area contributed by atoms with Crippen LogP contribution in [0.2, 0.25) is 0 Å². The van der Waals surface area contributed by atoms with E-state index in [0.29, 0.717) is 22.4 Å². The highest BCUT2D eigenvalue weighted by Crippen LogP contribution is 2.29. The van der Waals surface area contributed by atoms with Crippen LogP contribution in [0.5, 0.6) is 5.88 Å². The van der Waals surface area contributed by atoms with Gasteiger partial charge in [-0.3, -0.25) is 0 Å². The molecule has 0 unspecified atom stereocenters. The van der Waals surface area contributed by atoms with Crippen molar-refractivity contribution in [2.75, 3.05) is 5.73 Å². The molecule has 0 aliphatic rings. The van der Waals surface area contributed by atoms with E-state index in [0.717, 1.165) is 5.56 Å². The van der Waals surface area contributed by atoms with E-state index < -0.39 is 0 Å². The summed E-state index contributed by atoms with van der Waals surface area (Å²) in [6.45, 7) is 0. The number of aromatic hydroxyl groups is 1. The van der Waals surface area contributed by atoms with E-state index in [2.05, 4.69) is 9.97 Å². The zero-order chi connectivity index (χ0) is 12.5. The minimum atomic E-state index is -0.0862. The van der Waals surface area contributed by atoms with Gasteiger partial charge in [-0.2, -0.15) is 4.98 Å². The van der Waals surface area contributed by atoms with Crippen molar-refractivity contribution in [2.24, 2.45) is 0 Å². The van der Waals surface area contributed by atoms with E-state index in [9.17, 15) is 5.11 Å². The largest absolute Gasteiger partial charge is 0.493 e. The molecule has 0 fully saturated rings. The molecule has 0 bridgehead atoms. The van der Waals surface area contributed by atoms with Crippen molar-refractivity contribution in [3.8, 4) is 17.3 Å². The number of nitrogens with zero attached hydrogens (tertiary/aromatic N) is 2. The van der Waals surface area contributed by atoms with Crippen molar-refractivity contribution in [2.45, 2.75) is 0 Å². The molecule has 88 valence electrons. The lowest BCUT2D eigenvalue weighted by Crippen LogP contribution is -1.94. The van der Waals surface area contributed by atoms with Gasteiger partial charge in [0.25, 0.3) is 0 Å². The molecule has 3 aromatic rings. The molecule has 1 heterocycles. The van der Waals surface area contributed by atoms with Crippen LogP contribution in [0.3, 0.4) is 0 Å². The molecule has 0 atom stereocenters. The highest BCUT2D eigenvalue weighted by molar-refractivity contribution is 5.94. The van der Waals surface area contributed by atoms with Crippen molar-refractivity contribution in [3.05, 3.63) is 48.5 Å². The lowest BCUT2D eigenvalue weighted by molar-refractivity contribution is 0.460. The Bertz CT molecular complexity index is 711. The first-order chi connectivity index (χ1) is 8.75. The van der Waals surface area contributed by atoms with E-state index in [-0.39, 0.29) is 5.88 Å². The Labute approximate surface area is 104 Å². The summed E-state index contributed by atoms with van der Waals surface area (Å²) >= 11 is 0. The van der Waals surface area contributed by atoms with E-state index in [4.69, 9.17) is 5.73 Å². The van der Waals surface area contributed by atoms with Crippen molar-refractivity contribution >= 4 is 16.6 Å². The molecule has 0 aliphatic carbocycles. The molecule has 2 aromatic carbocycles. The number of nitrogens with two attached hydrogens (primary N) is 1. The summed E-state index contributed by atoms with van der Waals surface area (Å²) in [6, 6.07) is 14.8. The molecular weight excluding hydrogens is 226 g/mol. The second kappa shape index (κ2) is 4.00. The van der Waals surface area contributed by atoms with Crippen LogP contribution in [-0.4, -0.2) is 15.1 Å². The molecule has 0 spiro atoms. The second-order valence-corrected chi connectivity index (χ2v) is 3.98. The number of hydrogen-bond acceptors (Lipinski definition) is 4. The Balaban J connectivity index is 2.29. The van der Waals surface area contributed by atoms with Crippen LogP contribution in [0, 0.1) is 0 Å². The van der Waals surface area contributed by atoms with Gasteiger partial charge in [0.2, 0.25) is 5.88 Å². The number of aromatic nitrogens is 2. The lowest BCUT2D eigenvalue weighted by Gasteiger charge is -2.06. The number of rotatable bonds is 1. The number of benzene rings is 2. The molecule has 1 aromatic heterocycles. The maximum absolute atomic E-state index is 9.96.